The van der Waals surface area contributed by atoms with E-state index in [2.05, 4.69) is 6.92 Å². The van der Waals surface area contributed by atoms with Crippen LogP contribution in [0.1, 0.15) is 90.9 Å². The fraction of sp³-hybridized carbons (Fsp3) is 0.920. The van der Waals surface area contributed by atoms with E-state index in [0.717, 1.165) is 19.3 Å². The Hall–Kier alpha value is -1.30. The second kappa shape index (κ2) is 18.9. The average molecular weight is 507 g/mol. The maximum absolute atomic E-state index is 12.3. The molecule has 0 aromatic rings. The smallest absolute Gasteiger partial charge is 0.306 e. The van der Waals surface area contributed by atoms with Gasteiger partial charge in [-0.2, -0.15) is 0 Å². The number of ether oxygens (including phenoxy) is 4. The highest BCUT2D eigenvalue weighted by molar-refractivity contribution is 5.69. The molecule has 0 saturated carbocycles. The lowest BCUT2D eigenvalue weighted by molar-refractivity contribution is -0.305. The molecule has 0 unspecified atom stereocenters. The predicted molar refractivity (Wildman–Crippen MR) is 127 cm³/mol. The van der Waals surface area contributed by atoms with E-state index < -0.39 is 55.4 Å². The van der Waals surface area contributed by atoms with Gasteiger partial charge in [-0.25, -0.2) is 0 Å². The SMILES string of the molecule is CCCCCCCCCCCCCC(=O)O[C@H](COC(C)=O)CO[C@@H]1O[C@H](CO)[C@H](O)[C@H](O)[C@H]1O. The van der Waals surface area contributed by atoms with Crippen LogP contribution in [0.5, 0.6) is 0 Å². The summed E-state index contributed by atoms with van der Waals surface area (Å²) < 4.78 is 21.0. The highest BCUT2D eigenvalue weighted by Gasteiger charge is 2.44. The first-order chi connectivity index (χ1) is 16.8. The number of hydrogen-bond acceptors (Lipinski definition) is 10. The van der Waals surface area contributed by atoms with Gasteiger partial charge in [0.2, 0.25) is 0 Å². The van der Waals surface area contributed by atoms with Crippen LogP contribution >= 0.6 is 0 Å². The van der Waals surface area contributed by atoms with Gasteiger partial charge < -0.3 is 39.4 Å². The van der Waals surface area contributed by atoms with Gasteiger partial charge in [-0.15, -0.1) is 0 Å². The fourth-order valence-electron chi connectivity index (χ4n) is 3.91. The van der Waals surface area contributed by atoms with Gasteiger partial charge in [-0.05, 0) is 6.42 Å². The van der Waals surface area contributed by atoms with Crippen LogP contribution in [0, 0.1) is 0 Å². The molecule has 206 valence electrons. The third kappa shape index (κ3) is 13.5. The molecule has 0 aliphatic carbocycles. The number of aliphatic hydroxyl groups is 4. The van der Waals surface area contributed by atoms with Crippen LogP contribution in [0.2, 0.25) is 0 Å². The van der Waals surface area contributed by atoms with E-state index in [1.165, 1.54) is 51.9 Å². The van der Waals surface area contributed by atoms with E-state index in [4.69, 9.17) is 18.9 Å². The Morgan fingerprint density at radius 3 is 1.94 bits per heavy atom. The lowest BCUT2D eigenvalue weighted by Crippen LogP contribution is -2.59. The molecule has 0 bridgehead atoms. The van der Waals surface area contributed by atoms with Crippen molar-refractivity contribution in [1.29, 1.82) is 0 Å². The van der Waals surface area contributed by atoms with Crippen molar-refractivity contribution in [2.45, 2.75) is 128 Å². The Balaban J connectivity index is 2.32. The lowest BCUT2D eigenvalue weighted by atomic mass is 9.99. The molecule has 1 saturated heterocycles. The van der Waals surface area contributed by atoms with Crippen molar-refractivity contribution < 1.29 is 49.0 Å². The van der Waals surface area contributed by atoms with Gasteiger partial charge in [-0.3, -0.25) is 9.59 Å². The fourth-order valence-corrected chi connectivity index (χ4v) is 3.91. The van der Waals surface area contributed by atoms with Crippen molar-refractivity contribution in [1.82, 2.24) is 0 Å². The zero-order chi connectivity index (χ0) is 26.1. The molecule has 35 heavy (non-hydrogen) atoms. The molecular weight excluding hydrogens is 460 g/mol. The normalized spacial score (nSPS) is 25.3. The molecule has 6 atom stereocenters. The molecule has 0 spiro atoms. The number of esters is 2. The van der Waals surface area contributed by atoms with Crippen LogP contribution in [0.3, 0.4) is 0 Å². The number of carbonyl (C=O) groups excluding carboxylic acids is 2. The molecule has 1 aliphatic rings. The summed E-state index contributed by atoms with van der Waals surface area (Å²) in [6, 6.07) is 0. The summed E-state index contributed by atoms with van der Waals surface area (Å²) in [6.45, 7) is 2.34. The lowest BCUT2D eigenvalue weighted by Gasteiger charge is -2.39. The number of aliphatic hydroxyl groups excluding tert-OH is 4. The first kappa shape index (κ1) is 31.7. The first-order valence-electron chi connectivity index (χ1n) is 13.0. The summed E-state index contributed by atoms with van der Waals surface area (Å²) in [5.74, 6) is -1.00. The van der Waals surface area contributed by atoms with Gasteiger partial charge in [0, 0.05) is 13.3 Å². The molecule has 0 aromatic carbocycles. The molecule has 0 aromatic heterocycles. The van der Waals surface area contributed by atoms with Crippen molar-refractivity contribution in [3.05, 3.63) is 0 Å². The van der Waals surface area contributed by atoms with Crippen molar-refractivity contribution in [2.75, 3.05) is 19.8 Å². The van der Waals surface area contributed by atoms with Crippen molar-refractivity contribution in [3.63, 3.8) is 0 Å². The summed E-state index contributed by atoms with van der Waals surface area (Å²) >= 11 is 0. The molecular formula is C25H46O10. The summed E-state index contributed by atoms with van der Waals surface area (Å²) in [4.78, 5) is 23.4. The maximum atomic E-state index is 12.3. The second-order valence-electron chi connectivity index (χ2n) is 9.23. The highest BCUT2D eigenvalue weighted by Crippen LogP contribution is 2.22. The van der Waals surface area contributed by atoms with Crippen LogP contribution in [-0.2, 0) is 28.5 Å². The van der Waals surface area contributed by atoms with Gasteiger partial charge >= 0.3 is 11.9 Å². The number of rotatable bonds is 19. The Morgan fingerprint density at radius 1 is 0.829 bits per heavy atom. The minimum atomic E-state index is -1.58. The Bertz CT molecular complexity index is 570. The van der Waals surface area contributed by atoms with E-state index in [1.807, 2.05) is 0 Å². The summed E-state index contributed by atoms with van der Waals surface area (Å²) in [7, 11) is 0. The predicted octanol–water partition coefficient (Wildman–Crippen LogP) is 1.98. The molecule has 10 heteroatoms. The molecule has 1 fully saturated rings. The first-order valence-corrected chi connectivity index (χ1v) is 13.0. The quantitative estimate of drug-likeness (QED) is 0.151. The van der Waals surface area contributed by atoms with Crippen LogP contribution < -0.4 is 0 Å². The van der Waals surface area contributed by atoms with E-state index in [1.54, 1.807) is 0 Å². The van der Waals surface area contributed by atoms with Crippen LogP contribution in [-0.4, -0.2) is 89.0 Å². The third-order valence-electron chi connectivity index (χ3n) is 6.05. The van der Waals surface area contributed by atoms with E-state index in [-0.39, 0.29) is 19.6 Å². The van der Waals surface area contributed by atoms with Gasteiger partial charge in [0.05, 0.1) is 13.2 Å². The topological polar surface area (TPSA) is 152 Å². The van der Waals surface area contributed by atoms with E-state index in [0.29, 0.717) is 6.42 Å². The zero-order valence-electron chi connectivity index (χ0n) is 21.3. The summed E-state index contributed by atoms with van der Waals surface area (Å²) in [5.41, 5.74) is 0. The summed E-state index contributed by atoms with van der Waals surface area (Å²) in [6.07, 6.45) is 4.99. The molecule has 0 radical (unpaired) electrons. The number of hydrogen-bond donors (Lipinski definition) is 4. The molecule has 10 nitrogen and oxygen atoms in total. The molecule has 0 amide bonds. The second-order valence-corrected chi connectivity index (χ2v) is 9.23. The number of unbranched alkanes of at least 4 members (excludes halogenated alkanes) is 10. The zero-order valence-corrected chi connectivity index (χ0v) is 21.3. The molecule has 1 rings (SSSR count). The van der Waals surface area contributed by atoms with E-state index in [9.17, 15) is 30.0 Å². The van der Waals surface area contributed by atoms with Crippen LogP contribution in [0.25, 0.3) is 0 Å². The van der Waals surface area contributed by atoms with Gasteiger partial charge in [0.25, 0.3) is 0 Å². The molecule has 1 aliphatic heterocycles. The number of carbonyl (C=O) groups is 2. The minimum absolute atomic E-state index is 0.230. The van der Waals surface area contributed by atoms with E-state index >= 15 is 0 Å². The third-order valence-corrected chi connectivity index (χ3v) is 6.05. The average Bonchev–Trinajstić information content (AvgIpc) is 2.83. The van der Waals surface area contributed by atoms with Gasteiger partial charge in [-0.1, -0.05) is 71.1 Å². The maximum Gasteiger partial charge on any atom is 0.306 e. The Labute approximate surface area is 208 Å². The van der Waals surface area contributed by atoms with Crippen molar-refractivity contribution in [3.8, 4) is 0 Å². The Morgan fingerprint density at radius 2 is 1.40 bits per heavy atom. The Kier molecular flexibility index (Phi) is 17.1. The van der Waals surface area contributed by atoms with Crippen LogP contribution in [0.15, 0.2) is 0 Å². The van der Waals surface area contributed by atoms with Crippen LogP contribution in [0.4, 0.5) is 0 Å². The highest BCUT2D eigenvalue weighted by atomic mass is 16.7. The minimum Gasteiger partial charge on any atom is -0.462 e. The van der Waals surface area contributed by atoms with Crippen molar-refractivity contribution >= 4 is 11.9 Å². The standard InChI is InChI=1S/C25H46O10/c1-3-4-5-6-7-8-9-10-11-12-13-14-21(28)34-19(16-32-18(2)27)17-33-25-24(31)23(30)22(29)20(15-26)35-25/h19-20,22-26,29-31H,3-17H2,1-2H3/t19-,20-,22+,23+,24-,25-/m1/s1. The van der Waals surface area contributed by atoms with Gasteiger partial charge in [0.1, 0.15) is 31.0 Å². The van der Waals surface area contributed by atoms with Gasteiger partial charge in [0.15, 0.2) is 12.4 Å². The largest absolute Gasteiger partial charge is 0.462 e. The monoisotopic (exact) mass is 506 g/mol. The molecule has 4 N–H and O–H groups in total. The summed E-state index contributed by atoms with van der Waals surface area (Å²) in [5, 5.41) is 39.0. The van der Waals surface area contributed by atoms with Crippen molar-refractivity contribution in [2.24, 2.45) is 0 Å². The molecule has 1 heterocycles.